The normalized spacial score (nSPS) is 18.6. The smallest absolute Gasteiger partial charge is 0.255 e. The molecule has 1 fully saturated rings. The van der Waals surface area contributed by atoms with Gasteiger partial charge in [-0.1, -0.05) is 12.1 Å². The van der Waals surface area contributed by atoms with Crippen LogP contribution >= 0.6 is 0 Å². The van der Waals surface area contributed by atoms with Crippen molar-refractivity contribution < 1.29 is 13.2 Å². The summed E-state index contributed by atoms with van der Waals surface area (Å²) in [7, 11) is 0. The Hall–Kier alpha value is -3.29. The summed E-state index contributed by atoms with van der Waals surface area (Å²) in [5.41, 5.74) is 3.00. The van der Waals surface area contributed by atoms with Crippen LogP contribution in [0, 0.1) is 17.5 Å². The maximum absolute atomic E-state index is 15.2. The minimum absolute atomic E-state index is 0.0565. The topological polar surface area (TPSA) is 52.2 Å². The average Bonchev–Trinajstić information content (AvgIpc) is 3.12. The van der Waals surface area contributed by atoms with Crippen LogP contribution in [0.2, 0.25) is 0 Å². The molecular formula is C27H27F3N4O. The van der Waals surface area contributed by atoms with E-state index in [0.717, 1.165) is 48.6 Å². The molecule has 182 valence electrons. The monoisotopic (exact) mass is 480 g/mol. The number of nitrogens with one attached hydrogen (secondary N) is 1. The van der Waals surface area contributed by atoms with E-state index < -0.39 is 17.0 Å². The average molecular weight is 481 g/mol. The fourth-order valence-electron chi connectivity index (χ4n) is 6.16. The van der Waals surface area contributed by atoms with Crippen molar-refractivity contribution in [2.24, 2.45) is 0 Å². The van der Waals surface area contributed by atoms with Crippen molar-refractivity contribution in [2.45, 2.75) is 50.5 Å². The summed E-state index contributed by atoms with van der Waals surface area (Å²) in [5.74, 6) is -0.895. The van der Waals surface area contributed by atoms with Crippen molar-refractivity contribution in [2.75, 3.05) is 29.4 Å². The van der Waals surface area contributed by atoms with Crippen LogP contribution in [0.3, 0.4) is 0 Å². The fourth-order valence-corrected chi connectivity index (χ4v) is 6.16. The van der Waals surface area contributed by atoms with E-state index in [1.807, 2.05) is 11.0 Å². The van der Waals surface area contributed by atoms with Crippen molar-refractivity contribution in [3.05, 3.63) is 86.6 Å². The zero-order valence-corrected chi connectivity index (χ0v) is 19.4. The lowest BCUT2D eigenvalue weighted by molar-refractivity contribution is 0.337. The molecule has 0 unspecified atom stereocenters. The molecule has 5 nitrogen and oxygen atoms in total. The van der Waals surface area contributed by atoms with E-state index in [1.165, 1.54) is 18.2 Å². The van der Waals surface area contributed by atoms with Crippen LogP contribution in [0.4, 0.5) is 24.8 Å². The van der Waals surface area contributed by atoms with Crippen molar-refractivity contribution in [1.82, 2.24) is 9.97 Å². The summed E-state index contributed by atoms with van der Waals surface area (Å²) in [6.45, 7) is 2.11. The zero-order chi connectivity index (χ0) is 24.2. The lowest BCUT2D eigenvalue weighted by Crippen LogP contribution is -2.46. The molecule has 0 saturated carbocycles. The number of aromatic amines is 1. The van der Waals surface area contributed by atoms with Gasteiger partial charge < -0.3 is 9.80 Å². The predicted octanol–water partition coefficient (Wildman–Crippen LogP) is 4.62. The van der Waals surface area contributed by atoms with Gasteiger partial charge in [0.05, 0.1) is 5.69 Å². The Morgan fingerprint density at radius 1 is 1.00 bits per heavy atom. The van der Waals surface area contributed by atoms with Gasteiger partial charge in [0, 0.05) is 54.5 Å². The van der Waals surface area contributed by atoms with Crippen LogP contribution in [0.25, 0.3) is 0 Å². The molecule has 1 spiro atoms. The summed E-state index contributed by atoms with van der Waals surface area (Å²) in [4.78, 5) is 24.4. The molecule has 35 heavy (non-hydrogen) atoms. The van der Waals surface area contributed by atoms with Gasteiger partial charge in [-0.25, -0.2) is 18.2 Å². The Balaban J connectivity index is 1.29. The third kappa shape index (κ3) is 3.89. The minimum atomic E-state index is -0.615. The molecule has 3 aromatic rings. The predicted molar refractivity (Wildman–Crippen MR) is 128 cm³/mol. The molecular weight excluding hydrogens is 453 g/mol. The number of aromatic nitrogens is 2. The van der Waals surface area contributed by atoms with Crippen LogP contribution in [0.5, 0.6) is 0 Å². The first kappa shape index (κ1) is 22.2. The Morgan fingerprint density at radius 2 is 1.80 bits per heavy atom. The minimum Gasteiger partial charge on any atom is -0.366 e. The van der Waals surface area contributed by atoms with Gasteiger partial charge in [-0.2, -0.15) is 0 Å². The Kier molecular flexibility index (Phi) is 5.34. The summed E-state index contributed by atoms with van der Waals surface area (Å²) < 4.78 is 43.2. The Bertz CT molecular complexity index is 1350. The van der Waals surface area contributed by atoms with Gasteiger partial charge in [-0.15, -0.1) is 0 Å². The van der Waals surface area contributed by atoms with Gasteiger partial charge in [0.2, 0.25) is 5.95 Å². The highest BCUT2D eigenvalue weighted by atomic mass is 19.1. The molecule has 2 aliphatic heterocycles. The zero-order valence-electron chi connectivity index (χ0n) is 19.4. The summed E-state index contributed by atoms with van der Waals surface area (Å²) in [5, 5.41) is 0. The molecule has 1 aliphatic carbocycles. The maximum Gasteiger partial charge on any atom is 0.255 e. The quantitative estimate of drug-likeness (QED) is 0.594. The van der Waals surface area contributed by atoms with Crippen molar-refractivity contribution in [3.63, 3.8) is 0 Å². The van der Waals surface area contributed by atoms with Gasteiger partial charge in [0.25, 0.3) is 5.56 Å². The van der Waals surface area contributed by atoms with Crippen LogP contribution in [0.1, 0.15) is 48.1 Å². The van der Waals surface area contributed by atoms with E-state index >= 15 is 4.39 Å². The Morgan fingerprint density at radius 3 is 2.60 bits per heavy atom. The number of hydrogen-bond acceptors (Lipinski definition) is 4. The van der Waals surface area contributed by atoms with Crippen LogP contribution < -0.4 is 15.4 Å². The second-order valence-corrected chi connectivity index (χ2v) is 10.1. The third-order valence-electron chi connectivity index (χ3n) is 7.86. The van der Waals surface area contributed by atoms with Crippen molar-refractivity contribution in [1.29, 1.82) is 0 Å². The van der Waals surface area contributed by atoms with Crippen LogP contribution in [-0.2, 0) is 24.8 Å². The van der Waals surface area contributed by atoms with E-state index in [0.29, 0.717) is 56.2 Å². The molecule has 3 aliphatic rings. The third-order valence-corrected chi connectivity index (χ3v) is 7.86. The molecule has 0 bridgehead atoms. The molecule has 0 radical (unpaired) electrons. The molecule has 0 atom stereocenters. The van der Waals surface area contributed by atoms with E-state index in [-0.39, 0.29) is 11.4 Å². The molecule has 6 rings (SSSR count). The number of rotatable bonds is 3. The SMILES string of the molecule is O=c1[nH]c(N2CCC3(CC2)CN(Cc2cccc(F)c2)c2cc(F)cc(F)c23)nc2c1CCCC2. The van der Waals surface area contributed by atoms with Gasteiger partial charge in [-0.3, -0.25) is 9.78 Å². The lowest BCUT2D eigenvalue weighted by atomic mass is 9.74. The first-order valence-corrected chi connectivity index (χ1v) is 12.3. The second-order valence-electron chi connectivity index (χ2n) is 10.1. The number of nitrogens with zero attached hydrogens (tertiary/aromatic N) is 3. The number of piperidine rings is 1. The van der Waals surface area contributed by atoms with E-state index in [4.69, 9.17) is 4.98 Å². The first-order valence-electron chi connectivity index (χ1n) is 12.3. The number of H-pyrrole nitrogens is 1. The van der Waals surface area contributed by atoms with E-state index in [2.05, 4.69) is 9.88 Å². The molecule has 1 aromatic heterocycles. The standard InChI is InChI=1S/C27H27F3N4O/c28-18-5-3-4-17(12-18)15-34-16-27(24-21(30)13-19(29)14-23(24)34)8-10-33(11-9-27)26-31-22-7-2-1-6-20(22)25(35)32-26/h3-5,12-14H,1-2,6-11,15-16H2,(H,31,32,35). The lowest BCUT2D eigenvalue weighted by Gasteiger charge is -2.40. The van der Waals surface area contributed by atoms with E-state index in [1.54, 1.807) is 6.07 Å². The van der Waals surface area contributed by atoms with Crippen LogP contribution in [0.15, 0.2) is 41.2 Å². The molecule has 1 saturated heterocycles. The highest BCUT2D eigenvalue weighted by Gasteiger charge is 2.47. The molecule has 1 N–H and O–H groups in total. The highest BCUT2D eigenvalue weighted by molar-refractivity contribution is 5.64. The number of benzene rings is 2. The van der Waals surface area contributed by atoms with Gasteiger partial charge in [0.1, 0.15) is 17.5 Å². The first-order chi connectivity index (χ1) is 16.9. The molecule has 8 heteroatoms. The van der Waals surface area contributed by atoms with Crippen molar-refractivity contribution in [3.8, 4) is 0 Å². The Labute approximate surface area is 201 Å². The maximum atomic E-state index is 15.2. The molecule has 0 amide bonds. The van der Waals surface area contributed by atoms with Crippen molar-refractivity contribution >= 4 is 11.6 Å². The van der Waals surface area contributed by atoms with Gasteiger partial charge >= 0.3 is 0 Å². The number of fused-ring (bicyclic) bond motifs is 3. The number of halogens is 3. The summed E-state index contributed by atoms with van der Waals surface area (Å²) in [6.07, 6.45) is 4.94. The number of hydrogen-bond donors (Lipinski definition) is 1. The summed E-state index contributed by atoms with van der Waals surface area (Å²) in [6, 6.07) is 8.67. The van der Waals surface area contributed by atoms with Gasteiger partial charge in [0.15, 0.2) is 0 Å². The largest absolute Gasteiger partial charge is 0.366 e. The second kappa shape index (κ2) is 8.43. The highest BCUT2D eigenvalue weighted by Crippen LogP contribution is 2.49. The number of aryl methyl sites for hydroxylation is 1. The van der Waals surface area contributed by atoms with E-state index in [9.17, 15) is 13.6 Å². The van der Waals surface area contributed by atoms with Crippen LogP contribution in [-0.4, -0.2) is 29.6 Å². The molecule has 3 heterocycles. The van der Waals surface area contributed by atoms with Gasteiger partial charge in [-0.05, 0) is 62.3 Å². The molecule has 2 aromatic carbocycles. The fraction of sp³-hybridized carbons (Fsp3) is 0.407. The summed E-state index contributed by atoms with van der Waals surface area (Å²) >= 11 is 0. The number of anilines is 2.